The Balaban J connectivity index is 1.88. The van der Waals surface area contributed by atoms with Crippen LogP contribution in [-0.4, -0.2) is 41.7 Å². The van der Waals surface area contributed by atoms with Gasteiger partial charge in [-0.05, 0) is 6.42 Å². The van der Waals surface area contributed by atoms with Crippen LogP contribution in [0.4, 0.5) is 0 Å². The zero-order chi connectivity index (χ0) is 9.42. The van der Waals surface area contributed by atoms with Crippen molar-refractivity contribution < 1.29 is 9.90 Å². The van der Waals surface area contributed by atoms with Crippen molar-refractivity contribution in [2.75, 3.05) is 19.6 Å². The molecule has 1 saturated carbocycles. The second-order valence-electron chi connectivity index (χ2n) is 4.08. The third-order valence-corrected chi connectivity index (χ3v) is 3.19. The quantitative estimate of drug-likeness (QED) is 0.589. The molecular weight excluding hydrogens is 168 g/mol. The molecule has 2 aliphatic heterocycles. The van der Waals surface area contributed by atoms with E-state index in [-0.39, 0.29) is 12.0 Å². The van der Waals surface area contributed by atoms with E-state index in [2.05, 4.69) is 0 Å². The molecule has 1 aliphatic carbocycles. The van der Waals surface area contributed by atoms with Crippen molar-refractivity contribution in [2.45, 2.75) is 18.9 Å². The lowest BCUT2D eigenvalue weighted by Gasteiger charge is -2.51. The largest absolute Gasteiger partial charge is 0.392 e. The van der Waals surface area contributed by atoms with E-state index in [9.17, 15) is 9.90 Å². The van der Waals surface area contributed by atoms with Crippen LogP contribution in [0.2, 0.25) is 0 Å². The van der Waals surface area contributed by atoms with E-state index < -0.39 is 0 Å². The first-order valence-electron chi connectivity index (χ1n) is 4.88. The Hall–Kier alpha value is -0.610. The number of hydrogen-bond donors (Lipinski definition) is 2. The highest BCUT2D eigenvalue weighted by molar-refractivity contribution is 5.76. The number of amides is 1. The summed E-state index contributed by atoms with van der Waals surface area (Å²) in [5.74, 6) is 0.810. The summed E-state index contributed by atoms with van der Waals surface area (Å²) in [5, 5.41) is 9.49. The fourth-order valence-electron chi connectivity index (χ4n) is 2.35. The van der Waals surface area contributed by atoms with Crippen LogP contribution in [0.1, 0.15) is 12.8 Å². The summed E-state index contributed by atoms with van der Waals surface area (Å²) in [6.45, 7) is 1.89. The predicted molar refractivity (Wildman–Crippen MR) is 47.9 cm³/mol. The van der Waals surface area contributed by atoms with Gasteiger partial charge in [-0.1, -0.05) is 0 Å². The van der Waals surface area contributed by atoms with Gasteiger partial charge in [-0.3, -0.25) is 4.79 Å². The number of nitrogens with zero attached hydrogens (tertiary/aromatic N) is 1. The molecule has 3 rings (SSSR count). The van der Waals surface area contributed by atoms with Crippen molar-refractivity contribution in [2.24, 2.45) is 17.6 Å². The second-order valence-corrected chi connectivity index (χ2v) is 4.08. The third-order valence-electron chi connectivity index (χ3n) is 3.19. The van der Waals surface area contributed by atoms with Crippen molar-refractivity contribution in [1.82, 2.24) is 4.90 Å². The highest BCUT2D eigenvalue weighted by atomic mass is 16.3. The molecule has 0 aromatic carbocycles. The van der Waals surface area contributed by atoms with Gasteiger partial charge in [-0.15, -0.1) is 0 Å². The van der Waals surface area contributed by atoms with Crippen LogP contribution in [0.25, 0.3) is 0 Å². The number of hydrogen-bond acceptors (Lipinski definition) is 3. The predicted octanol–water partition coefficient (Wildman–Crippen LogP) is -0.826. The molecule has 2 heterocycles. The van der Waals surface area contributed by atoms with Gasteiger partial charge in [0.1, 0.15) is 0 Å². The lowest BCUT2D eigenvalue weighted by molar-refractivity contribution is -0.150. The summed E-state index contributed by atoms with van der Waals surface area (Å²) in [6.07, 6.45) is 1.38. The molecule has 0 aromatic heterocycles. The molecule has 0 radical (unpaired) electrons. The smallest absolute Gasteiger partial charge is 0.223 e. The van der Waals surface area contributed by atoms with E-state index in [0.29, 0.717) is 24.8 Å². The highest BCUT2D eigenvalue weighted by Crippen LogP contribution is 2.39. The molecule has 4 nitrogen and oxygen atoms in total. The molecule has 13 heavy (non-hydrogen) atoms. The first kappa shape index (κ1) is 8.97. The minimum Gasteiger partial charge on any atom is -0.392 e. The van der Waals surface area contributed by atoms with Gasteiger partial charge in [0.15, 0.2) is 0 Å². The minimum absolute atomic E-state index is 0.143. The molecule has 2 atom stereocenters. The second kappa shape index (κ2) is 3.27. The average Bonchev–Trinajstić information content (AvgIpc) is 2.17. The Morgan fingerprint density at radius 1 is 1.46 bits per heavy atom. The van der Waals surface area contributed by atoms with E-state index in [1.165, 1.54) is 0 Å². The fraction of sp³-hybridized carbons (Fsp3) is 0.889. The van der Waals surface area contributed by atoms with Crippen LogP contribution in [0.15, 0.2) is 0 Å². The van der Waals surface area contributed by atoms with Crippen LogP contribution in [0.3, 0.4) is 0 Å². The molecular formula is C9H16N2O2. The topological polar surface area (TPSA) is 66.6 Å². The number of rotatable bonds is 2. The Morgan fingerprint density at radius 3 is 2.54 bits per heavy atom. The van der Waals surface area contributed by atoms with Gasteiger partial charge in [0.05, 0.1) is 6.10 Å². The van der Waals surface area contributed by atoms with E-state index >= 15 is 0 Å². The van der Waals surface area contributed by atoms with Crippen molar-refractivity contribution in [3.8, 4) is 0 Å². The minimum atomic E-state index is -0.151. The highest BCUT2D eigenvalue weighted by Gasteiger charge is 2.46. The molecule has 2 saturated heterocycles. The summed E-state index contributed by atoms with van der Waals surface area (Å²) in [6, 6.07) is 0. The molecule has 3 fully saturated rings. The maximum atomic E-state index is 11.4. The molecule has 74 valence electrons. The maximum absolute atomic E-state index is 11.4. The summed E-state index contributed by atoms with van der Waals surface area (Å²) in [7, 11) is 0. The van der Waals surface area contributed by atoms with Gasteiger partial charge in [0.2, 0.25) is 5.91 Å². The fourth-order valence-corrected chi connectivity index (χ4v) is 2.35. The van der Waals surface area contributed by atoms with Gasteiger partial charge in [0.25, 0.3) is 0 Å². The first-order valence-corrected chi connectivity index (χ1v) is 4.88. The Labute approximate surface area is 77.7 Å². The van der Waals surface area contributed by atoms with Crippen LogP contribution in [0, 0.1) is 11.8 Å². The summed E-state index contributed by atoms with van der Waals surface area (Å²) < 4.78 is 0. The van der Waals surface area contributed by atoms with Gasteiger partial charge >= 0.3 is 0 Å². The zero-order valence-corrected chi connectivity index (χ0v) is 7.65. The normalized spacial score (nSPS) is 37.1. The van der Waals surface area contributed by atoms with Gasteiger partial charge in [-0.25, -0.2) is 0 Å². The molecule has 4 heteroatoms. The van der Waals surface area contributed by atoms with Crippen LogP contribution < -0.4 is 5.73 Å². The monoisotopic (exact) mass is 184 g/mol. The molecule has 0 spiro atoms. The Morgan fingerprint density at radius 2 is 2.08 bits per heavy atom. The standard InChI is InChI=1S/C9H16N2O2/c10-2-1-8(12)11-4-6-3-7(5-11)9(6)13/h6-7,9,13H,1-5,10H2. The molecule has 0 aromatic rings. The number of fused-ring (bicyclic) bond motifs is 2. The summed E-state index contributed by atoms with van der Waals surface area (Å²) >= 11 is 0. The van der Waals surface area contributed by atoms with Gasteiger partial charge in [-0.2, -0.15) is 0 Å². The maximum Gasteiger partial charge on any atom is 0.223 e. The van der Waals surface area contributed by atoms with Gasteiger partial charge in [0, 0.05) is 37.9 Å². The molecule has 1 amide bonds. The number of carbonyl (C=O) groups is 1. The number of aliphatic hydroxyl groups is 1. The number of piperidine rings is 2. The molecule has 2 bridgehead atoms. The number of aliphatic hydroxyl groups excluding tert-OH is 1. The summed E-state index contributed by atoms with van der Waals surface area (Å²) in [4.78, 5) is 13.3. The van der Waals surface area contributed by atoms with Crippen LogP contribution >= 0.6 is 0 Å². The lowest BCUT2D eigenvalue weighted by Crippen LogP contribution is -2.59. The van der Waals surface area contributed by atoms with E-state index in [0.717, 1.165) is 19.5 Å². The SMILES string of the molecule is NCCC(=O)N1CC2CC(C1)C2O. The molecule has 2 unspecified atom stereocenters. The van der Waals surface area contributed by atoms with Crippen LogP contribution in [-0.2, 0) is 4.79 Å². The van der Waals surface area contributed by atoms with Crippen molar-refractivity contribution in [3.05, 3.63) is 0 Å². The summed E-state index contributed by atoms with van der Waals surface area (Å²) in [5.41, 5.74) is 5.31. The average molecular weight is 184 g/mol. The zero-order valence-electron chi connectivity index (χ0n) is 7.65. The lowest BCUT2D eigenvalue weighted by atomic mass is 9.68. The van der Waals surface area contributed by atoms with Crippen molar-refractivity contribution >= 4 is 5.91 Å². The van der Waals surface area contributed by atoms with Crippen molar-refractivity contribution in [3.63, 3.8) is 0 Å². The number of nitrogens with two attached hydrogens (primary N) is 1. The van der Waals surface area contributed by atoms with E-state index in [1.807, 2.05) is 4.90 Å². The Bertz CT molecular complexity index is 208. The molecule has 3 aliphatic rings. The third kappa shape index (κ3) is 1.44. The van der Waals surface area contributed by atoms with Crippen LogP contribution in [0.5, 0.6) is 0 Å². The van der Waals surface area contributed by atoms with E-state index in [1.54, 1.807) is 0 Å². The molecule has 3 N–H and O–H groups in total. The van der Waals surface area contributed by atoms with Gasteiger partial charge < -0.3 is 15.7 Å². The Kier molecular flexibility index (Phi) is 2.26. The van der Waals surface area contributed by atoms with E-state index in [4.69, 9.17) is 5.73 Å². The van der Waals surface area contributed by atoms with Crippen molar-refractivity contribution in [1.29, 1.82) is 0 Å². The first-order chi connectivity index (χ1) is 6.22. The number of carbonyl (C=O) groups excluding carboxylic acids is 1.